The number of amides is 1. The van der Waals surface area contributed by atoms with Crippen LogP contribution < -0.4 is 5.32 Å². The molecule has 1 saturated heterocycles. The highest BCUT2D eigenvalue weighted by atomic mass is 16.3. The van der Waals surface area contributed by atoms with Crippen molar-refractivity contribution in [2.75, 3.05) is 13.1 Å². The molecule has 3 rings (SSSR count). The van der Waals surface area contributed by atoms with Gasteiger partial charge in [0, 0.05) is 12.5 Å². The second kappa shape index (κ2) is 5.80. The average molecular weight is 266 g/mol. The van der Waals surface area contributed by atoms with Crippen molar-refractivity contribution in [3.8, 4) is 0 Å². The van der Waals surface area contributed by atoms with Crippen molar-refractivity contribution in [3.63, 3.8) is 0 Å². The zero-order valence-electron chi connectivity index (χ0n) is 11.7. The summed E-state index contributed by atoms with van der Waals surface area (Å²) in [5, 5.41) is 13.6. The number of nitrogens with one attached hydrogen (secondary N) is 1. The molecule has 2 aliphatic carbocycles. The molecule has 2 N–H and O–H groups in total. The van der Waals surface area contributed by atoms with Gasteiger partial charge in [-0.2, -0.15) is 0 Å². The number of nitrogens with zero attached hydrogens (tertiary/aromatic N) is 1. The van der Waals surface area contributed by atoms with Gasteiger partial charge in [0.05, 0.1) is 12.1 Å². The minimum Gasteiger partial charge on any atom is -0.389 e. The molecule has 1 amide bonds. The minimum absolute atomic E-state index is 0.0226. The molecular formula is C15H26N2O2. The maximum absolute atomic E-state index is 11.9. The summed E-state index contributed by atoms with van der Waals surface area (Å²) in [5.74, 6) is 0.767. The van der Waals surface area contributed by atoms with Gasteiger partial charge in [-0.1, -0.05) is 0 Å². The van der Waals surface area contributed by atoms with E-state index in [4.69, 9.17) is 0 Å². The van der Waals surface area contributed by atoms with Gasteiger partial charge in [-0.25, -0.2) is 0 Å². The Morgan fingerprint density at radius 2 is 1.84 bits per heavy atom. The minimum atomic E-state index is -0.380. The number of aliphatic hydroxyl groups excluding tert-OH is 1. The molecule has 19 heavy (non-hydrogen) atoms. The van der Waals surface area contributed by atoms with E-state index in [1.165, 1.54) is 25.7 Å². The molecule has 0 radical (unpaired) electrons. The fourth-order valence-corrected chi connectivity index (χ4v) is 3.64. The third-order valence-electron chi connectivity index (χ3n) is 4.95. The Bertz CT molecular complexity index is 324. The Kier molecular flexibility index (Phi) is 4.08. The molecule has 0 aromatic rings. The van der Waals surface area contributed by atoms with Crippen LogP contribution in [0.25, 0.3) is 0 Å². The lowest BCUT2D eigenvalue weighted by Crippen LogP contribution is -2.56. The third-order valence-corrected chi connectivity index (χ3v) is 4.95. The van der Waals surface area contributed by atoms with Gasteiger partial charge in [0.25, 0.3) is 0 Å². The number of hydrogen-bond donors (Lipinski definition) is 2. The lowest BCUT2D eigenvalue weighted by molar-refractivity contribution is -0.124. The Balaban J connectivity index is 1.53. The quantitative estimate of drug-likeness (QED) is 0.806. The number of carbonyl (C=O) groups excluding carboxylic acids is 1. The molecule has 3 fully saturated rings. The summed E-state index contributed by atoms with van der Waals surface area (Å²) in [6.45, 7) is 2.23. The third kappa shape index (κ3) is 3.29. The van der Waals surface area contributed by atoms with Crippen LogP contribution in [0.3, 0.4) is 0 Å². The first-order valence-corrected chi connectivity index (χ1v) is 7.95. The van der Waals surface area contributed by atoms with Crippen LogP contribution in [-0.2, 0) is 4.79 Å². The second-order valence-electron chi connectivity index (χ2n) is 6.55. The normalized spacial score (nSPS) is 36.4. The van der Waals surface area contributed by atoms with Crippen LogP contribution in [0, 0.1) is 5.92 Å². The number of rotatable bonds is 4. The van der Waals surface area contributed by atoms with Gasteiger partial charge < -0.3 is 10.4 Å². The van der Waals surface area contributed by atoms with Gasteiger partial charge >= 0.3 is 0 Å². The molecule has 4 heteroatoms. The summed E-state index contributed by atoms with van der Waals surface area (Å²) in [7, 11) is 0. The van der Waals surface area contributed by atoms with Gasteiger partial charge in [0.1, 0.15) is 0 Å². The van der Waals surface area contributed by atoms with E-state index in [1.807, 2.05) is 0 Å². The van der Waals surface area contributed by atoms with E-state index in [9.17, 15) is 9.90 Å². The van der Waals surface area contributed by atoms with Crippen molar-refractivity contribution in [3.05, 3.63) is 0 Å². The van der Waals surface area contributed by atoms with Crippen molar-refractivity contribution in [1.29, 1.82) is 0 Å². The van der Waals surface area contributed by atoms with Crippen molar-refractivity contribution < 1.29 is 9.90 Å². The standard InChI is InChI=1S/C15H26N2O2/c18-14(10-11-6-7-11)16-12-4-3-5-13(15(12)19)17-8-1-2-9-17/h11-13,15,19H,1-10H2,(H,16,18)/t12-,13-,15-/m1/s1. The summed E-state index contributed by atoms with van der Waals surface area (Å²) >= 11 is 0. The fraction of sp³-hybridized carbons (Fsp3) is 0.933. The summed E-state index contributed by atoms with van der Waals surface area (Å²) < 4.78 is 0. The first-order chi connectivity index (χ1) is 9.24. The zero-order chi connectivity index (χ0) is 13.2. The maximum Gasteiger partial charge on any atom is 0.220 e. The Morgan fingerprint density at radius 1 is 1.11 bits per heavy atom. The van der Waals surface area contributed by atoms with E-state index in [0.29, 0.717) is 12.3 Å². The predicted octanol–water partition coefficient (Wildman–Crippen LogP) is 1.28. The molecule has 3 aliphatic rings. The van der Waals surface area contributed by atoms with E-state index in [1.54, 1.807) is 0 Å². The van der Waals surface area contributed by atoms with Gasteiger partial charge in [0.15, 0.2) is 0 Å². The summed E-state index contributed by atoms with van der Waals surface area (Å²) in [6.07, 6.45) is 8.33. The molecule has 1 heterocycles. The molecule has 0 unspecified atom stereocenters. The van der Waals surface area contributed by atoms with Crippen molar-refractivity contribution in [2.24, 2.45) is 5.92 Å². The van der Waals surface area contributed by atoms with Crippen LogP contribution in [0.15, 0.2) is 0 Å². The zero-order valence-corrected chi connectivity index (χ0v) is 11.7. The molecule has 0 aromatic carbocycles. The number of aliphatic hydroxyl groups is 1. The molecule has 0 bridgehead atoms. The highest BCUT2D eigenvalue weighted by Crippen LogP contribution is 2.32. The van der Waals surface area contributed by atoms with E-state index in [2.05, 4.69) is 10.2 Å². The first-order valence-electron chi connectivity index (χ1n) is 7.95. The number of likely N-dealkylation sites (tertiary alicyclic amines) is 1. The Morgan fingerprint density at radius 3 is 2.53 bits per heavy atom. The molecule has 0 aromatic heterocycles. The maximum atomic E-state index is 11.9. The van der Waals surface area contributed by atoms with Crippen LogP contribution in [-0.4, -0.2) is 47.2 Å². The molecule has 3 atom stereocenters. The van der Waals surface area contributed by atoms with Crippen molar-refractivity contribution in [2.45, 2.75) is 69.6 Å². The molecule has 108 valence electrons. The van der Waals surface area contributed by atoms with Gasteiger partial charge in [-0.3, -0.25) is 9.69 Å². The average Bonchev–Trinajstić information content (AvgIpc) is 3.04. The fourth-order valence-electron chi connectivity index (χ4n) is 3.64. The Hall–Kier alpha value is -0.610. The largest absolute Gasteiger partial charge is 0.389 e. The van der Waals surface area contributed by atoms with E-state index >= 15 is 0 Å². The lowest BCUT2D eigenvalue weighted by atomic mass is 9.87. The van der Waals surface area contributed by atoms with Crippen LogP contribution >= 0.6 is 0 Å². The van der Waals surface area contributed by atoms with E-state index in [0.717, 1.165) is 32.4 Å². The molecule has 2 saturated carbocycles. The molecular weight excluding hydrogens is 240 g/mol. The van der Waals surface area contributed by atoms with Crippen molar-refractivity contribution in [1.82, 2.24) is 10.2 Å². The van der Waals surface area contributed by atoms with Gasteiger partial charge in [-0.05, 0) is 64.0 Å². The van der Waals surface area contributed by atoms with Crippen LogP contribution in [0.2, 0.25) is 0 Å². The number of carbonyl (C=O) groups is 1. The molecule has 1 aliphatic heterocycles. The summed E-state index contributed by atoms with van der Waals surface area (Å²) in [5.41, 5.74) is 0. The van der Waals surface area contributed by atoms with Crippen LogP contribution in [0.5, 0.6) is 0 Å². The van der Waals surface area contributed by atoms with Gasteiger partial charge in [0.2, 0.25) is 5.91 Å². The van der Waals surface area contributed by atoms with Crippen LogP contribution in [0.1, 0.15) is 51.4 Å². The van der Waals surface area contributed by atoms with Gasteiger partial charge in [-0.15, -0.1) is 0 Å². The first kappa shape index (κ1) is 13.4. The topological polar surface area (TPSA) is 52.6 Å². The number of hydrogen-bond acceptors (Lipinski definition) is 3. The second-order valence-corrected chi connectivity index (χ2v) is 6.55. The monoisotopic (exact) mass is 266 g/mol. The Labute approximate surface area is 115 Å². The smallest absolute Gasteiger partial charge is 0.220 e. The van der Waals surface area contributed by atoms with E-state index < -0.39 is 0 Å². The summed E-state index contributed by atoms with van der Waals surface area (Å²) in [6, 6.07) is 0.244. The van der Waals surface area contributed by atoms with Crippen LogP contribution in [0.4, 0.5) is 0 Å². The predicted molar refractivity (Wildman–Crippen MR) is 73.7 cm³/mol. The highest BCUT2D eigenvalue weighted by Gasteiger charge is 2.37. The summed E-state index contributed by atoms with van der Waals surface area (Å²) in [4.78, 5) is 14.3. The molecule has 4 nitrogen and oxygen atoms in total. The highest BCUT2D eigenvalue weighted by molar-refractivity contribution is 5.76. The van der Waals surface area contributed by atoms with E-state index in [-0.39, 0.29) is 24.1 Å². The lowest BCUT2D eigenvalue weighted by Gasteiger charge is -2.40. The SMILES string of the molecule is O=C(CC1CC1)N[C@@H]1CCC[C@@H](N2CCCC2)[C@@H]1O. The molecule has 0 spiro atoms. The van der Waals surface area contributed by atoms with Crippen molar-refractivity contribution >= 4 is 5.91 Å².